The fourth-order valence-electron chi connectivity index (χ4n) is 1.44. The molecule has 0 atom stereocenters. The third-order valence-electron chi connectivity index (χ3n) is 2.12. The number of rotatable bonds is 2. The Bertz CT molecular complexity index is 528. The van der Waals surface area contributed by atoms with Crippen molar-refractivity contribution in [3.63, 3.8) is 0 Å². The summed E-state index contributed by atoms with van der Waals surface area (Å²) in [7, 11) is 0. The molecule has 1 aliphatic rings. The second-order valence-corrected chi connectivity index (χ2v) is 3.14. The predicted octanol–water partition coefficient (Wildman–Crippen LogP) is 1.25. The number of hydrogen-bond donors (Lipinski definition) is 2. The van der Waals surface area contributed by atoms with E-state index in [4.69, 9.17) is 1.37 Å². The maximum absolute atomic E-state index is 11.1. The van der Waals surface area contributed by atoms with Gasteiger partial charge in [-0.2, -0.15) is 0 Å². The summed E-state index contributed by atoms with van der Waals surface area (Å²) in [6.45, 7) is 0.306. The van der Waals surface area contributed by atoms with E-state index in [1.165, 1.54) is 12.1 Å². The number of hydrogen-bond acceptors (Lipinski definition) is 3. The van der Waals surface area contributed by atoms with Crippen molar-refractivity contribution >= 4 is 17.4 Å². The van der Waals surface area contributed by atoms with E-state index in [-0.39, 0.29) is 17.3 Å². The summed E-state index contributed by atoms with van der Waals surface area (Å²) in [5.41, 5.74) is 0.299. The first-order valence-electron chi connectivity index (χ1n) is 5.09. The van der Waals surface area contributed by atoms with Crippen LogP contribution in [0.5, 0.6) is 0 Å². The van der Waals surface area contributed by atoms with Crippen LogP contribution in [-0.4, -0.2) is 17.5 Å². The van der Waals surface area contributed by atoms with Crippen LogP contribution in [0.4, 0.5) is 10.5 Å². The van der Waals surface area contributed by atoms with Gasteiger partial charge in [0.1, 0.15) is 0 Å². The minimum Gasteiger partial charge on any atom is -0.334 e. The maximum atomic E-state index is 11.1. The molecule has 1 aliphatic heterocycles. The lowest BCUT2D eigenvalue weighted by Gasteiger charge is -2.15. The Hall–Kier alpha value is -2.37. The lowest BCUT2D eigenvalue weighted by atomic mass is 10.1. The molecule has 1 heterocycles. The van der Waals surface area contributed by atoms with Gasteiger partial charge in [-0.1, -0.05) is 12.1 Å². The Labute approximate surface area is 92.5 Å². The highest BCUT2D eigenvalue weighted by Crippen LogP contribution is 2.24. The van der Waals surface area contributed by atoms with Gasteiger partial charge in [-0.3, -0.25) is 10.1 Å². The molecule has 0 spiro atoms. The van der Waals surface area contributed by atoms with Crippen LogP contribution in [-0.2, 0) is 0 Å². The van der Waals surface area contributed by atoms with E-state index in [0.717, 1.165) is 0 Å². The molecule has 0 aliphatic carbocycles. The zero-order valence-electron chi connectivity index (χ0n) is 9.19. The largest absolute Gasteiger partial charge is 0.334 e. The molecule has 1 aromatic carbocycles. The minimum atomic E-state index is -0.618. The highest BCUT2D eigenvalue weighted by Gasteiger charge is 2.19. The van der Waals surface area contributed by atoms with Crippen molar-refractivity contribution in [2.45, 2.75) is 0 Å². The van der Waals surface area contributed by atoms with Crippen molar-refractivity contribution < 1.29 is 11.1 Å². The Morgan fingerprint density at radius 3 is 3.00 bits per heavy atom. The number of carbonyl (C=O) groups is 1. The van der Waals surface area contributed by atoms with Crippen molar-refractivity contribution in [1.82, 2.24) is 10.6 Å². The number of para-hydroxylation sites is 1. The van der Waals surface area contributed by atoms with E-state index in [9.17, 15) is 14.9 Å². The molecule has 0 saturated heterocycles. The third kappa shape index (κ3) is 1.85. The van der Waals surface area contributed by atoms with Crippen LogP contribution in [0.15, 0.2) is 30.3 Å². The zero-order valence-corrected chi connectivity index (χ0v) is 8.19. The van der Waals surface area contributed by atoms with E-state index in [0.29, 0.717) is 12.2 Å². The molecule has 2 amide bonds. The number of amides is 2. The van der Waals surface area contributed by atoms with Crippen molar-refractivity contribution in [3.05, 3.63) is 46.0 Å². The van der Waals surface area contributed by atoms with Gasteiger partial charge in [0.15, 0.2) is 0 Å². The van der Waals surface area contributed by atoms with Gasteiger partial charge >= 0.3 is 6.03 Å². The molecule has 0 fully saturated rings. The van der Waals surface area contributed by atoms with Crippen LogP contribution < -0.4 is 10.6 Å². The molecule has 0 bridgehead atoms. The third-order valence-corrected chi connectivity index (χ3v) is 2.12. The van der Waals surface area contributed by atoms with Crippen LogP contribution in [0.2, 0.25) is 0 Å². The molecule has 1 aromatic rings. The summed E-state index contributed by atoms with van der Waals surface area (Å²) >= 11 is 0. The number of benzene rings is 1. The van der Waals surface area contributed by atoms with Gasteiger partial charge in [0.25, 0.3) is 5.69 Å². The van der Waals surface area contributed by atoms with Gasteiger partial charge in [0.2, 0.25) is 0 Å². The second-order valence-electron chi connectivity index (χ2n) is 3.14. The number of nitro benzene ring substituents is 1. The number of nitrogens with zero attached hydrogens (tertiary/aromatic N) is 1. The Balaban J connectivity index is 2.52. The molecule has 16 heavy (non-hydrogen) atoms. The predicted molar refractivity (Wildman–Crippen MR) is 57.6 cm³/mol. The van der Waals surface area contributed by atoms with Crippen LogP contribution >= 0.6 is 0 Å². The number of nitrogens with one attached hydrogen (secondary N) is 2. The second kappa shape index (κ2) is 4.01. The molecule has 6 heteroatoms. The fraction of sp³-hybridized carbons (Fsp3) is 0.100. The topological polar surface area (TPSA) is 84.3 Å². The summed E-state index contributed by atoms with van der Waals surface area (Å²) in [5.74, 6) is 0. The Kier molecular flexibility index (Phi) is 2.23. The van der Waals surface area contributed by atoms with E-state index >= 15 is 0 Å². The van der Waals surface area contributed by atoms with Gasteiger partial charge < -0.3 is 10.6 Å². The molecule has 82 valence electrons. The van der Waals surface area contributed by atoms with E-state index in [1.54, 1.807) is 12.1 Å². The number of carbonyl (C=O) groups excluding carboxylic acids is 1. The zero-order chi connectivity index (χ0) is 12.4. The van der Waals surface area contributed by atoms with Crippen LogP contribution in [0.1, 0.15) is 6.93 Å². The normalized spacial score (nSPS) is 15.6. The Morgan fingerprint density at radius 2 is 2.31 bits per heavy atom. The monoisotopic (exact) mass is 220 g/mol. The molecular weight excluding hydrogens is 210 g/mol. The standard InChI is InChI=1S/C10H9N3O3/c14-10-11-6-5-8(12-10)7-3-1-2-4-9(7)13(15)16/h1-5H,6H2,(H2,11,12,14)/i4D. The SMILES string of the molecule is [2H]c1cccc(C2=CCNC(=O)N2)c1[N+](=O)[O-]. The highest BCUT2D eigenvalue weighted by molar-refractivity contribution is 5.89. The first-order valence-corrected chi connectivity index (χ1v) is 4.59. The van der Waals surface area contributed by atoms with Crippen molar-refractivity contribution in [1.29, 1.82) is 0 Å². The molecule has 0 unspecified atom stereocenters. The summed E-state index contributed by atoms with van der Waals surface area (Å²) < 4.78 is 7.51. The average Bonchev–Trinajstić information content (AvgIpc) is 2.28. The fourth-order valence-corrected chi connectivity index (χ4v) is 1.44. The number of nitro groups is 1. The molecular formula is C10H9N3O3. The molecule has 2 N–H and O–H groups in total. The smallest absolute Gasteiger partial charge is 0.319 e. The molecule has 6 nitrogen and oxygen atoms in total. The van der Waals surface area contributed by atoms with Gasteiger partial charge in [0.05, 0.1) is 17.6 Å². The summed E-state index contributed by atoms with van der Waals surface area (Å²) in [6.07, 6.45) is 1.63. The van der Waals surface area contributed by atoms with E-state index in [2.05, 4.69) is 10.6 Å². The highest BCUT2D eigenvalue weighted by atomic mass is 16.6. The van der Waals surface area contributed by atoms with Crippen LogP contribution in [0.25, 0.3) is 5.70 Å². The van der Waals surface area contributed by atoms with Crippen molar-refractivity contribution in [3.8, 4) is 0 Å². The van der Waals surface area contributed by atoms with Crippen LogP contribution in [0.3, 0.4) is 0 Å². The first-order chi connectivity index (χ1) is 8.09. The minimum absolute atomic E-state index is 0.179. The summed E-state index contributed by atoms with van der Waals surface area (Å²) in [4.78, 5) is 21.4. The summed E-state index contributed by atoms with van der Waals surface area (Å²) in [5, 5.41) is 15.9. The van der Waals surface area contributed by atoms with E-state index < -0.39 is 11.0 Å². The first kappa shape index (κ1) is 8.90. The van der Waals surface area contributed by atoms with Gasteiger partial charge in [-0.25, -0.2) is 4.79 Å². The number of urea groups is 1. The lowest BCUT2D eigenvalue weighted by molar-refractivity contribution is -0.385. The Morgan fingerprint density at radius 1 is 1.50 bits per heavy atom. The lowest BCUT2D eigenvalue weighted by Crippen LogP contribution is -2.38. The molecule has 0 radical (unpaired) electrons. The molecule has 0 aromatic heterocycles. The molecule has 2 rings (SSSR count). The maximum Gasteiger partial charge on any atom is 0.319 e. The molecule has 0 saturated carbocycles. The van der Waals surface area contributed by atoms with Gasteiger partial charge in [-0.15, -0.1) is 0 Å². The average molecular weight is 220 g/mol. The van der Waals surface area contributed by atoms with Gasteiger partial charge in [-0.05, 0) is 12.1 Å². The van der Waals surface area contributed by atoms with Crippen molar-refractivity contribution in [2.24, 2.45) is 0 Å². The van der Waals surface area contributed by atoms with Crippen LogP contribution in [0, 0.1) is 10.1 Å². The quantitative estimate of drug-likeness (QED) is 0.581. The van der Waals surface area contributed by atoms with E-state index in [1.807, 2.05) is 0 Å². The van der Waals surface area contributed by atoms with Gasteiger partial charge in [0, 0.05) is 12.6 Å². The summed E-state index contributed by atoms with van der Waals surface area (Å²) in [6, 6.07) is 3.80. The van der Waals surface area contributed by atoms with Crippen molar-refractivity contribution in [2.75, 3.05) is 6.54 Å².